The van der Waals surface area contributed by atoms with Gasteiger partial charge in [0.1, 0.15) is 11.2 Å². The molecule has 3 aromatic rings. The lowest BCUT2D eigenvalue weighted by Crippen LogP contribution is -2.04. The molecule has 5 nitrogen and oxygen atoms in total. The van der Waals surface area contributed by atoms with Crippen LogP contribution in [0.5, 0.6) is 0 Å². The molecule has 0 fully saturated rings. The monoisotopic (exact) mass is 372 g/mol. The molecule has 0 saturated carbocycles. The third kappa shape index (κ3) is 3.48. The number of furan rings is 1. The summed E-state index contributed by atoms with van der Waals surface area (Å²) < 4.78 is 6.29. The van der Waals surface area contributed by atoms with E-state index in [1.54, 1.807) is 0 Å². The molecule has 130 valence electrons. The molecule has 0 aliphatic carbocycles. The SMILES string of the molecule is Cc1ccc2c(oc3c(CSC(=N)N)c(C)ccc32)c1CSC(=N)N. The van der Waals surface area contributed by atoms with Gasteiger partial charge in [0.2, 0.25) is 0 Å². The molecule has 0 spiro atoms. The van der Waals surface area contributed by atoms with Crippen molar-refractivity contribution in [2.45, 2.75) is 25.4 Å². The summed E-state index contributed by atoms with van der Waals surface area (Å²) in [5.41, 5.74) is 17.1. The van der Waals surface area contributed by atoms with Gasteiger partial charge in [0, 0.05) is 33.4 Å². The number of nitrogens with two attached hydrogens (primary N) is 2. The van der Waals surface area contributed by atoms with Gasteiger partial charge in [-0.3, -0.25) is 10.8 Å². The number of amidine groups is 2. The van der Waals surface area contributed by atoms with Crippen LogP contribution >= 0.6 is 23.5 Å². The van der Waals surface area contributed by atoms with Gasteiger partial charge in [0.05, 0.1) is 0 Å². The van der Waals surface area contributed by atoms with Crippen molar-refractivity contribution in [1.29, 1.82) is 10.8 Å². The van der Waals surface area contributed by atoms with E-state index in [-0.39, 0.29) is 10.3 Å². The van der Waals surface area contributed by atoms with Crippen LogP contribution in [0.15, 0.2) is 28.7 Å². The maximum atomic E-state index is 7.46. The molecule has 0 atom stereocenters. The number of hydrogen-bond acceptors (Lipinski definition) is 5. The van der Waals surface area contributed by atoms with Gasteiger partial charge >= 0.3 is 0 Å². The van der Waals surface area contributed by atoms with Crippen molar-refractivity contribution < 1.29 is 4.42 Å². The molecule has 2 aromatic carbocycles. The molecule has 7 heteroatoms. The van der Waals surface area contributed by atoms with Gasteiger partial charge in [-0.25, -0.2) is 0 Å². The number of nitrogens with one attached hydrogen (secondary N) is 2. The molecule has 0 saturated heterocycles. The Morgan fingerprint density at radius 3 is 1.60 bits per heavy atom. The van der Waals surface area contributed by atoms with Crippen molar-refractivity contribution in [2.75, 3.05) is 0 Å². The molecule has 3 rings (SSSR count). The van der Waals surface area contributed by atoms with Crippen LogP contribution in [-0.2, 0) is 11.5 Å². The van der Waals surface area contributed by atoms with Crippen LogP contribution in [0.1, 0.15) is 22.3 Å². The van der Waals surface area contributed by atoms with E-state index >= 15 is 0 Å². The Kier molecular flexibility index (Phi) is 4.96. The summed E-state index contributed by atoms with van der Waals surface area (Å²) in [4.78, 5) is 0. The number of fused-ring (bicyclic) bond motifs is 3. The van der Waals surface area contributed by atoms with E-state index in [4.69, 9.17) is 26.7 Å². The molecular formula is C18H20N4OS2. The number of hydrogen-bond donors (Lipinski definition) is 4. The first-order valence-corrected chi connectivity index (χ1v) is 9.72. The maximum absolute atomic E-state index is 7.46. The van der Waals surface area contributed by atoms with Crippen LogP contribution in [0.4, 0.5) is 0 Å². The minimum absolute atomic E-state index is 0.0990. The lowest BCUT2D eigenvalue weighted by atomic mass is 10.0. The fourth-order valence-corrected chi connectivity index (χ4v) is 4.19. The quantitative estimate of drug-likeness (QED) is 0.399. The van der Waals surface area contributed by atoms with Gasteiger partial charge in [-0.15, -0.1) is 0 Å². The first-order chi connectivity index (χ1) is 11.9. The summed E-state index contributed by atoms with van der Waals surface area (Å²) in [6.07, 6.45) is 0. The Balaban J connectivity index is 2.20. The molecule has 0 aliphatic rings. The van der Waals surface area contributed by atoms with Crippen LogP contribution < -0.4 is 11.5 Å². The first kappa shape index (κ1) is 17.7. The normalized spacial score (nSPS) is 11.3. The smallest absolute Gasteiger partial charge is 0.151 e. The highest BCUT2D eigenvalue weighted by molar-refractivity contribution is 8.13. The van der Waals surface area contributed by atoms with Gasteiger partial charge < -0.3 is 15.9 Å². The Bertz CT molecular complexity index is 916. The topological polar surface area (TPSA) is 113 Å². The van der Waals surface area contributed by atoms with Crippen molar-refractivity contribution in [1.82, 2.24) is 0 Å². The van der Waals surface area contributed by atoms with Gasteiger partial charge in [-0.1, -0.05) is 47.8 Å². The van der Waals surface area contributed by atoms with E-state index in [1.807, 2.05) is 13.8 Å². The van der Waals surface area contributed by atoms with E-state index in [2.05, 4.69) is 24.3 Å². The minimum Gasteiger partial charge on any atom is -0.455 e. The third-order valence-electron chi connectivity index (χ3n) is 4.23. The molecule has 0 bridgehead atoms. The van der Waals surface area contributed by atoms with Gasteiger partial charge in [0.25, 0.3) is 0 Å². The van der Waals surface area contributed by atoms with Crippen molar-refractivity contribution >= 4 is 55.8 Å². The average Bonchev–Trinajstić information content (AvgIpc) is 2.91. The molecule has 1 aromatic heterocycles. The lowest BCUT2D eigenvalue weighted by Gasteiger charge is -2.05. The fraction of sp³-hybridized carbons (Fsp3) is 0.222. The van der Waals surface area contributed by atoms with E-state index in [0.29, 0.717) is 11.5 Å². The molecule has 1 heterocycles. The molecule has 0 unspecified atom stereocenters. The summed E-state index contributed by atoms with van der Waals surface area (Å²) in [5, 5.41) is 17.2. The minimum atomic E-state index is 0.0990. The number of rotatable bonds is 4. The number of benzene rings is 2. The number of thioether (sulfide) groups is 2. The standard InChI is InChI=1S/C18H20N4OS2/c1-9-3-5-11-12-6-4-10(2)14(8-25-18(21)22)16(12)23-15(11)13(9)7-24-17(19)20/h3-6H,7-8H2,1-2H3,(H3,19,20)(H3,21,22). The highest BCUT2D eigenvalue weighted by Crippen LogP contribution is 2.37. The van der Waals surface area contributed by atoms with Crippen molar-refractivity contribution in [2.24, 2.45) is 11.5 Å². The Hall–Kier alpha value is -2.12. The van der Waals surface area contributed by atoms with Gasteiger partial charge in [0.15, 0.2) is 10.3 Å². The highest BCUT2D eigenvalue weighted by Gasteiger charge is 2.17. The second-order valence-electron chi connectivity index (χ2n) is 5.88. The summed E-state index contributed by atoms with van der Waals surface area (Å²) >= 11 is 2.59. The van der Waals surface area contributed by atoms with E-state index in [9.17, 15) is 0 Å². The predicted molar refractivity (Wildman–Crippen MR) is 110 cm³/mol. The maximum Gasteiger partial charge on any atom is 0.151 e. The fourth-order valence-electron chi connectivity index (χ4n) is 2.87. The zero-order chi connectivity index (χ0) is 18.1. The second-order valence-corrected chi connectivity index (χ2v) is 7.92. The lowest BCUT2D eigenvalue weighted by molar-refractivity contribution is 0.661. The summed E-state index contributed by atoms with van der Waals surface area (Å²) in [6.45, 7) is 4.08. The Morgan fingerprint density at radius 1 is 0.840 bits per heavy atom. The second kappa shape index (κ2) is 7.01. The third-order valence-corrected chi connectivity index (χ3v) is 5.72. The number of aryl methyl sites for hydroxylation is 2. The molecule has 0 aliphatic heterocycles. The molecule has 0 radical (unpaired) electrons. The van der Waals surface area contributed by atoms with E-state index < -0.39 is 0 Å². The van der Waals surface area contributed by atoms with E-state index in [0.717, 1.165) is 44.2 Å². The van der Waals surface area contributed by atoms with Crippen molar-refractivity contribution in [3.8, 4) is 0 Å². The summed E-state index contributed by atoms with van der Waals surface area (Å²) in [5.74, 6) is 1.21. The zero-order valence-corrected chi connectivity index (χ0v) is 15.7. The van der Waals surface area contributed by atoms with Crippen LogP contribution in [-0.4, -0.2) is 10.3 Å². The van der Waals surface area contributed by atoms with Crippen LogP contribution in [0.25, 0.3) is 21.9 Å². The average molecular weight is 373 g/mol. The Labute approximate surface area is 154 Å². The molecular weight excluding hydrogens is 352 g/mol. The van der Waals surface area contributed by atoms with Crippen molar-refractivity contribution in [3.05, 3.63) is 46.5 Å². The summed E-state index contributed by atoms with van der Waals surface area (Å²) in [6, 6.07) is 8.32. The van der Waals surface area contributed by atoms with Crippen molar-refractivity contribution in [3.63, 3.8) is 0 Å². The molecule has 25 heavy (non-hydrogen) atoms. The van der Waals surface area contributed by atoms with E-state index in [1.165, 1.54) is 23.5 Å². The first-order valence-electron chi connectivity index (χ1n) is 7.75. The van der Waals surface area contributed by atoms with Crippen LogP contribution in [0, 0.1) is 24.7 Å². The highest BCUT2D eigenvalue weighted by atomic mass is 32.2. The summed E-state index contributed by atoms with van der Waals surface area (Å²) in [7, 11) is 0. The van der Waals surface area contributed by atoms with Crippen LogP contribution in [0.2, 0.25) is 0 Å². The largest absolute Gasteiger partial charge is 0.455 e. The molecule has 6 N–H and O–H groups in total. The Morgan fingerprint density at radius 2 is 1.24 bits per heavy atom. The van der Waals surface area contributed by atoms with Gasteiger partial charge in [-0.2, -0.15) is 0 Å². The van der Waals surface area contributed by atoms with Crippen LogP contribution in [0.3, 0.4) is 0 Å². The zero-order valence-electron chi connectivity index (χ0n) is 14.1. The predicted octanol–water partition coefficient (Wildman–Crippen LogP) is 4.46. The molecule has 0 amide bonds. The van der Waals surface area contributed by atoms with Gasteiger partial charge in [-0.05, 0) is 25.0 Å².